The van der Waals surface area contributed by atoms with E-state index in [-0.39, 0.29) is 28.9 Å². The Hall–Kier alpha value is -2.89. The van der Waals surface area contributed by atoms with Gasteiger partial charge in [0.05, 0.1) is 5.92 Å². The average molecular weight is 372 g/mol. The van der Waals surface area contributed by atoms with E-state index in [0.29, 0.717) is 0 Å². The number of alkyl halides is 3. The maximum Gasteiger partial charge on any atom is 0.396 e. The Morgan fingerprint density at radius 1 is 1.07 bits per heavy atom. The average Bonchev–Trinajstić information content (AvgIpc) is 2.97. The molecular weight excluding hydrogens is 357 g/mol. The molecule has 1 aliphatic heterocycles. The van der Waals surface area contributed by atoms with E-state index in [2.05, 4.69) is 6.58 Å². The van der Waals surface area contributed by atoms with Crippen LogP contribution in [0.3, 0.4) is 0 Å². The number of hydrogen-bond acceptors (Lipinski definition) is 3. The van der Waals surface area contributed by atoms with Gasteiger partial charge in [-0.15, -0.1) is 0 Å². The number of carbonyl (C=O) groups is 2. The minimum absolute atomic E-state index is 0.0629. The molecule has 4 rings (SSSR count). The fourth-order valence-corrected chi connectivity index (χ4v) is 4.35. The summed E-state index contributed by atoms with van der Waals surface area (Å²) in [5.74, 6) is -4.93. The summed E-state index contributed by atoms with van der Waals surface area (Å²) in [4.78, 5) is 26.3. The van der Waals surface area contributed by atoms with E-state index in [1.165, 1.54) is 24.3 Å². The highest BCUT2D eigenvalue weighted by molar-refractivity contribution is 6.15. The summed E-state index contributed by atoms with van der Waals surface area (Å²) in [6, 6.07) is 14.0. The minimum atomic E-state index is -4.63. The van der Waals surface area contributed by atoms with Gasteiger partial charge in [-0.3, -0.25) is 9.59 Å². The number of hydrogen-bond donors (Lipinski definition) is 0. The normalized spacial score (nSPS) is 26.9. The molecule has 3 nitrogen and oxygen atoms in total. The molecule has 2 aliphatic rings. The molecule has 1 saturated carbocycles. The van der Waals surface area contributed by atoms with Gasteiger partial charge >= 0.3 is 12.1 Å². The van der Waals surface area contributed by atoms with Crippen LogP contribution in [0.4, 0.5) is 13.2 Å². The first-order valence-electron chi connectivity index (χ1n) is 8.42. The number of halogens is 3. The highest BCUT2D eigenvalue weighted by Gasteiger charge is 2.69. The van der Waals surface area contributed by atoms with Crippen LogP contribution in [0.1, 0.15) is 28.3 Å². The molecule has 1 fully saturated rings. The van der Waals surface area contributed by atoms with Crippen molar-refractivity contribution in [3.05, 3.63) is 77.9 Å². The Morgan fingerprint density at radius 2 is 1.70 bits per heavy atom. The van der Waals surface area contributed by atoms with E-state index in [0.717, 1.165) is 0 Å². The molecule has 0 radical (unpaired) electrons. The third-order valence-electron chi connectivity index (χ3n) is 5.42. The highest BCUT2D eigenvalue weighted by atomic mass is 19.4. The fraction of sp³-hybridized carbons (Fsp3) is 0.238. The summed E-state index contributed by atoms with van der Waals surface area (Å²) in [7, 11) is 0. The van der Waals surface area contributed by atoms with E-state index >= 15 is 0 Å². The molecule has 6 heteroatoms. The van der Waals surface area contributed by atoms with E-state index in [9.17, 15) is 22.8 Å². The van der Waals surface area contributed by atoms with Gasteiger partial charge in [0.1, 0.15) is 11.2 Å². The Balaban J connectivity index is 1.98. The Bertz CT molecular complexity index is 949. The molecule has 138 valence electrons. The van der Waals surface area contributed by atoms with Crippen molar-refractivity contribution in [1.29, 1.82) is 0 Å². The molecule has 1 heterocycles. The molecule has 2 aromatic rings. The predicted octanol–water partition coefficient (Wildman–Crippen LogP) is 4.70. The van der Waals surface area contributed by atoms with Crippen LogP contribution in [0.5, 0.6) is 5.75 Å². The lowest BCUT2D eigenvalue weighted by atomic mass is 9.66. The van der Waals surface area contributed by atoms with Crippen molar-refractivity contribution in [2.45, 2.75) is 18.5 Å². The first-order valence-corrected chi connectivity index (χ1v) is 8.42. The zero-order chi connectivity index (χ0) is 19.4. The maximum atomic E-state index is 13.9. The van der Waals surface area contributed by atoms with Gasteiger partial charge in [0, 0.05) is 17.0 Å². The smallest absolute Gasteiger partial charge is 0.396 e. The number of ketones is 1. The Morgan fingerprint density at radius 3 is 2.37 bits per heavy atom. The van der Waals surface area contributed by atoms with E-state index in [1.54, 1.807) is 30.3 Å². The van der Waals surface area contributed by atoms with Gasteiger partial charge < -0.3 is 4.74 Å². The molecule has 3 atom stereocenters. The van der Waals surface area contributed by atoms with Crippen LogP contribution >= 0.6 is 0 Å². The first-order chi connectivity index (χ1) is 12.8. The lowest BCUT2D eigenvalue weighted by molar-refractivity contribution is -0.173. The molecule has 0 N–H and O–H groups in total. The Labute approximate surface area is 153 Å². The highest BCUT2D eigenvalue weighted by Crippen LogP contribution is 2.64. The lowest BCUT2D eigenvalue weighted by Crippen LogP contribution is -2.49. The largest absolute Gasteiger partial charge is 0.425 e. The zero-order valence-electron chi connectivity index (χ0n) is 14.1. The van der Waals surface area contributed by atoms with Crippen molar-refractivity contribution in [2.75, 3.05) is 0 Å². The number of para-hydroxylation sites is 1. The van der Waals surface area contributed by atoms with E-state index in [1.807, 2.05) is 0 Å². The number of fused-ring (bicyclic) bond motifs is 3. The van der Waals surface area contributed by atoms with Gasteiger partial charge in [0.15, 0.2) is 5.78 Å². The second kappa shape index (κ2) is 5.81. The van der Waals surface area contributed by atoms with Crippen LogP contribution < -0.4 is 4.74 Å². The zero-order valence-corrected chi connectivity index (χ0v) is 14.1. The Kier molecular flexibility index (Phi) is 3.77. The minimum Gasteiger partial charge on any atom is -0.425 e. The van der Waals surface area contributed by atoms with E-state index < -0.39 is 35.2 Å². The second-order valence-corrected chi connectivity index (χ2v) is 6.93. The van der Waals surface area contributed by atoms with Crippen LogP contribution in [0.2, 0.25) is 0 Å². The van der Waals surface area contributed by atoms with Gasteiger partial charge in [0.2, 0.25) is 0 Å². The van der Waals surface area contributed by atoms with Crippen molar-refractivity contribution in [1.82, 2.24) is 0 Å². The number of carbonyl (C=O) groups excluding carboxylic acids is 2. The number of benzene rings is 2. The molecule has 2 aromatic carbocycles. The number of rotatable bonds is 2. The summed E-state index contributed by atoms with van der Waals surface area (Å²) < 4.78 is 47.1. The summed E-state index contributed by atoms with van der Waals surface area (Å²) >= 11 is 0. The molecule has 0 unspecified atom stereocenters. The van der Waals surface area contributed by atoms with Crippen LogP contribution in [-0.4, -0.2) is 17.9 Å². The lowest BCUT2D eigenvalue weighted by Gasteiger charge is -2.38. The molecule has 0 spiro atoms. The molecular formula is C21H15F3O3. The summed E-state index contributed by atoms with van der Waals surface area (Å²) in [5, 5.41) is 0. The third-order valence-corrected chi connectivity index (χ3v) is 5.42. The van der Waals surface area contributed by atoms with Crippen molar-refractivity contribution in [3.8, 4) is 5.75 Å². The van der Waals surface area contributed by atoms with Gasteiger partial charge in [-0.05, 0) is 12.5 Å². The van der Waals surface area contributed by atoms with Crippen LogP contribution in [0.15, 0.2) is 66.7 Å². The SMILES string of the molecule is C=C1C[C@@]2(C(=O)c3ccccc3)C(=O)Oc3ccccc3[C@H]2[C@H]1C(F)(F)F. The van der Waals surface area contributed by atoms with Crippen LogP contribution in [0, 0.1) is 11.3 Å². The summed E-state index contributed by atoms with van der Waals surface area (Å²) in [5.41, 5.74) is -1.75. The van der Waals surface area contributed by atoms with Crippen LogP contribution in [0.25, 0.3) is 0 Å². The fourth-order valence-electron chi connectivity index (χ4n) is 4.35. The number of Topliss-reactive ketones (excluding diaryl/α,β-unsaturated/α-hetero) is 1. The van der Waals surface area contributed by atoms with Crippen molar-refractivity contribution in [3.63, 3.8) is 0 Å². The molecule has 0 saturated heterocycles. The van der Waals surface area contributed by atoms with Gasteiger partial charge in [-0.2, -0.15) is 13.2 Å². The molecule has 0 bridgehead atoms. The summed E-state index contributed by atoms with van der Waals surface area (Å²) in [6.07, 6.45) is -5.02. The number of ether oxygens (including phenoxy) is 1. The molecule has 1 aliphatic carbocycles. The van der Waals surface area contributed by atoms with Crippen molar-refractivity contribution >= 4 is 11.8 Å². The molecule has 27 heavy (non-hydrogen) atoms. The summed E-state index contributed by atoms with van der Waals surface area (Å²) in [6.45, 7) is 3.57. The number of esters is 1. The molecule has 0 amide bonds. The van der Waals surface area contributed by atoms with Crippen molar-refractivity contribution in [2.24, 2.45) is 11.3 Å². The van der Waals surface area contributed by atoms with Gasteiger partial charge in [-0.1, -0.05) is 60.7 Å². The van der Waals surface area contributed by atoms with E-state index in [4.69, 9.17) is 4.74 Å². The quantitative estimate of drug-likeness (QED) is 0.252. The van der Waals surface area contributed by atoms with Gasteiger partial charge in [-0.25, -0.2) is 0 Å². The number of allylic oxidation sites excluding steroid dienone is 1. The third kappa shape index (κ3) is 2.43. The standard InChI is InChI=1S/C21H15F3O3/c1-12-11-20(18(25)13-7-3-2-4-8-13)17(16(12)21(22,23)24)14-9-5-6-10-15(14)27-19(20)26/h2-10,16-17H,1,11H2/t16-,17-,20+/m0/s1. The first kappa shape index (κ1) is 17.5. The monoisotopic (exact) mass is 372 g/mol. The topological polar surface area (TPSA) is 43.4 Å². The second-order valence-electron chi connectivity index (χ2n) is 6.93. The maximum absolute atomic E-state index is 13.9. The predicted molar refractivity (Wildman–Crippen MR) is 91.3 cm³/mol. The van der Waals surface area contributed by atoms with Gasteiger partial charge in [0.25, 0.3) is 0 Å². The van der Waals surface area contributed by atoms with Crippen molar-refractivity contribution < 1.29 is 27.5 Å². The molecule has 0 aromatic heterocycles. The van der Waals surface area contributed by atoms with Crippen LogP contribution in [-0.2, 0) is 4.79 Å².